The van der Waals surface area contributed by atoms with Crippen LogP contribution in [0.1, 0.15) is 13.3 Å². The summed E-state index contributed by atoms with van der Waals surface area (Å²) < 4.78 is 22.8. The Kier molecular flexibility index (Phi) is 4.42. The van der Waals surface area contributed by atoms with Crippen LogP contribution in [0, 0.1) is 12.3 Å². The molecule has 1 saturated heterocycles. The van der Waals surface area contributed by atoms with Gasteiger partial charge in [0.05, 0.1) is 23.6 Å². The Morgan fingerprint density at radius 2 is 2.16 bits per heavy atom. The number of rotatable bonds is 4. The second-order valence-corrected chi connectivity index (χ2v) is 6.97. The third kappa shape index (κ3) is 4.44. The van der Waals surface area contributed by atoms with Crippen LogP contribution < -0.4 is 5.32 Å². The van der Waals surface area contributed by atoms with Gasteiger partial charge in [-0.3, -0.25) is 4.79 Å². The lowest BCUT2D eigenvalue weighted by molar-refractivity contribution is -0.137. The number of hydrogen-bond acceptors (Lipinski definition) is 4. The molecule has 2 N–H and O–H groups in total. The lowest BCUT2D eigenvalue weighted by Crippen LogP contribution is -2.53. The topological polar surface area (TPSA) is 104 Å². The van der Waals surface area contributed by atoms with Crippen LogP contribution >= 0.6 is 0 Å². The molecule has 8 heteroatoms. The number of carbonyl (C=O) groups is 2. The molecule has 1 unspecified atom stereocenters. The summed E-state index contributed by atoms with van der Waals surface area (Å²) in [4.78, 5) is 23.5. The number of carbonyl (C=O) groups excluding carboxylic acids is 1. The molecule has 1 fully saturated rings. The van der Waals surface area contributed by atoms with Crippen molar-refractivity contribution in [3.05, 3.63) is 0 Å². The van der Waals surface area contributed by atoms with Gasteiger partial charge in [0, 0.05) is 0 Å². The number of amides is 2. The van der Waals surface area contributed by atoms with Crippen molar-refractivity contribution in [2.24, 2.45) is 0 Å². The fraction of sp³-hybridized carbons (Fsp3) is 0.636. The SMILES string of the molecule is C#CCN(CC(=O)O)C(=O)NC1(C)CCS(=O)(=O)C1. The number of sulfone groups is 1. The molecule has 1 rings (SSSR count). The first-order chi connectivity index (χ1) is 8.67. The minimum Gasteiger partial charge on any atom is -0.480 e. The van der Waals surface area contributed by atoms with Crippen molar-refractivity contribution in [1.82, 2.24) is 10.2 Å². The van der Waals surface area contributed by atoms with Crippen LogP contribution in [0.3, 0.4) is 0 Å². The number of hydrogen-bond donors (Lipinski definition) is 2. The lowest BCUT2D eigenvalue weighted by atomic mass is 10.0. The fourth-order valence-corrected chi connectivity index (χ4v) is 4.01. The minimum absolute atomic E-state index is 0.0118. The van der Waals surface area contributed by atoms with Gasteiger partial charge in [-0.25, -0.2) is 13.2 Å². The second kappa shape index (κ2) is 5.48. The summed E-state index contributed by atoms with van der Waals surface area (Å²) in [5.74, 6) is 0.867. The van der Waals surface area contributed by atoms with Crippen molar-refractivity contribution in [1.29, 1.82) is 0 Å². The average molecular weight is 288 g/mol. The Balaban J connectivity index is 2.72. The molecule has 106 valence electrons. The molecule has 7 nitrogen and oxygen atoms in total. The molecule has 0 aliphatic carbocycles. The zero-order valence-corrected chi connectivity index (χ0v) is 11.4. The first-order valence-corrected chi connectivity index (χ1v) is 7.42. The first kappa shape index (κ1) is 15.3. The van der Waals surface area contributed by atoms with E-state index < -0.39 is 33.9 Å². The summed E-state index contributed by atoms with van der Waals surface area (Å²) in [7, 11) is -3.15. The summed E-state index contributed by atoms with van der Waals surface area (Å²) >= 11 is 0. The van der Waals surface area contributed by atoms with Crippen LogP contribution in [0.15, 0.2) is 0 Å². The number of nitrogens with zero attached hydrogens (tertiary/aromatic N) is 1. The van der Waals surface area contributed by atoms with Gasteiger partial charge in [0.15, 0.2) is 9.84 Å². The molecular weight excluding hydrogens is 272 g/mol. The predicted octanol–water partition coefficient (Wildman–Crippen LogP) is -0.707. The van der Waals surface area contributed by atoms with E-state index in [-0.39, 0.29) is 18.1 Å². The van der Waals surface area contributed by atoms with Gasteiger partial charge in [-0.05, 0) is 13.3 Å². The largest absolute Gasteiger partial charge is 0.480 e. The summed E-state index contributed by atoms with van der Waals surface area (Å²) in [5.41, 5.74) is -0.874. The normalized spacial score (nSPS) is 24.4. The van der Waals surface area contributed by atoms with Gasteiger partial charge < -0.3 is 15.3 Å². The Bertz CT molecular complexity index is 522. The highest BCUT2D eigenvalue weighted by atomic mass is 32.2. The molecule has 0 radical (unpaired) electrons. The molecule has 19 heavy (non-hydrogen) atoms. The molecular formula is C11H16N2O5S. The zero-order chi connectivity index (χ0) is 14.7. The van der Waals surface area contributed by atoms with E-state index in [1.54, 1.807) is 6.92 Å². The predicted molar refractivity (Wildman–Crippen MR) is 68.2 cm³/mol. The molecule has 0 aromatic carbocycles. The Morgan fingerprint density at radius 1 is 1.53 bits per heavy atom. The number of nitrogens with one attached hydrogen (secondary N) is 1. The molecule has 0 spiro atoms. The molecule has 1 atom stereocenters. The smallest absolute Gasteiger partial charge is 0.323 e. The van der Waals surface area contributed by atoms with Crippen LogP contribution in [0.4, 0.5) is 4.79 Å². The van der Waals surface area contributed by atoms with Crippen LogP contribution in [-0.4, -0.2) is 60.6 Å². The standard InChI is InChI=1S/C11H16N2O5S/c1-3-5-13(7-9(14)15)10(16)12-11(2)4-6-19(17,18)8-11/h1H,4-8H2,2H3,(H,12,16)(H,14,15). The van der Waals surface area contributed by atoms with Crippen molar-refractivity contribution in [2.45, 2.75) is 18.9 Å². The van der Waals surface area contributed by atoms with E-state index in [4.69, 9.17) is 11.5 Å². The number of terminal acetylenes is 1. The molecule has 1 aliphatic rings. The molecule has 0 aromatic heterocycles. The molecule has 0 saturated carbocycles. The first-order valence-electron chi connectivity index (χ1n) is 5.60. The van der Waals surface area contributed by atoms with Crippen molar-refractivity contribution >= 4 is 21.8 Å². The lowest BCUT2D eigenvalue weighted by Gasteiger charge is -2.28. The maximum atomic E-state index is 11.9. The maximum absolute atomic E-state index is 11.9. The van der Waals surface area contributed by atoms with Crippen molar-refractivity contribution in [3.63, 3.8) is 0 Å². The molecule has 1 heterocycles. The van der Waals surface area contributed by atoms with Gasteiger partial charge in [-0.2, -0.15) is 0 Å². The minimum atomic E-state index is -3.15. The van der Waals surface area contributed by atoms with Gasteiger partial charge in [-0.15, -0.1) is 6.42 Å². The van der Waals surface area contributed by atoms with E-state index in [0.29, 0.717) is 6.42 Å². The Labute approximate surface area is 111 Å². The van der Waals surface area contributed by atoms with E-state index in [1.807, 2.05) is 0 Å². The Morgan fingerprint density at radius 3 is 2.58 bits per heavy atom. The Hall–Kier alpha value is -1.75. The molecule has 0 aromatic rings. The van der Waals surface area contributed by atoms with Crippen molar-refractivity contribution in [3.8, 4) is 12.3 Å². The highest BCUT2D eigenvalue weighted by Gasteiger charge is 2.40. The number of carboxylic acids is 1. The quantitative estimate of drug-likeness (QED) is 0.665. The van der Waals surface area contributed by atoms with Crippen LogP contribution in [0.2, 0.25) is 0 Å². The molecule has 0 bridgehead atoms. The number of urea groups is 1. The van der Waals surface area contributed by atoms with Crippen molar-refractivity contribution < 1.29 is 23.1 Å². The third-order valence-corrected chi connectivity index (χ3v) is 4.71. The van der Waals surface area contributed by atoms with Gasteiger partial charge in [0.2, 0.25) is 0 Å². The van der Waals surface area contributed by atoms with E-state index in [0.717, 1.165) is 4.90 Å². The van der Waals surface area contributed by atoms with Crippen LogP contribution in [0.5, 0.6) is 0 Å². The molecule has 1 aliphatic heterocycles. The fourth-order valence-electron chi connectivity index (χ4n) is 1.92. The van der Waals surface area contributed by atoms with Gasteiger partial charge in [-0.1, -0.05) is 5.92 Å². The maximum Gasteiger partial charge on any atom is 0.323 e. The second-order valence-electron chi connectivity index (χ2n) is 4.79. The number of carboxylic acid groups (broad SMARTS) is 1. The van der Waals surface area contributed by atoms with Crippen molar-refractivity contribution in [2.75, 3.05) is 24.6 Å². The summed E-state index contributed by atoms with van der Waals surface area (Å²) in [5, 5.41) is 11.2. The molecule has 2 amide bonds. The van der Waals surface area contributed by atoms with E-state index in [2.05, 4.69) is 11.2 Å². The number of aliphatic carboxylic acids is 1. The van der Waals surface area contributed by atoms with Crippen LogP contribution in [0.25, 0.3) is 0 Å². The zero-order valence-electron chi connectivity index (χ0n) is 10.5. The summed E-state index contributed by atoms with van der Waals surface area (Å²) in [6.07, 6.45) is 5.37. The van der Waals surface area contributed by atoms with Gasteiger partial charge in [0.1, 0.15) is 6.54 Å². The summed E-state index contributed by atoms with van der Waals surface area (Å²) in [6.45, 7) is 0.935. The highest BCUT2D eigenvalue weighted by Crippen LogP contribution is 2.22. The summed E-state index contributed by atoms with van der Waals surface area (Å²) in [6, 6.07) is -0.667. The average Bonchev–Trinajstić information content (AvgIpc) is 2.51. The van der Waals surface area contributed by atoms with Gasteiger partial charge >= 0.3 is 12.0 Å². The highest BCUT2D eigenvalue weighted by molar-refractivity contribution is 7.91. The van der Waals surface area contributed by atoms with E-state index in [9.17, 15) is 18.0 Å². The monoisotopic (exact) mass is 288 g/mol. The third-order valence-electron chi connectivity index (χ3n) is 2.81. The van der Waals surface area contributed by atoms with E-state index >= 15 is 0 Å². The van der Waals surface area contributed by atoms with Crippen LogP contribution in [-0.2, 0) is 14.6 Å². The van der Waals surface area contributed by atoms with Gasteiger partial charge in [0.25, 0.3) is 0 Å². The van der Waals surface area contributed by atoms with E-state index in [1.165, 1.54) is 0 Å².